The van der Waals surface area contributed by atoms with E-state index < -0.39 is 0 Å². The zero-order valence-corrected chi connectivity index (χ0v) is 9.77. The van der Waals surface area contributed by atoms with E-state index in [0.717, 1.165) is 37.7 Å². The monoisotopic (exact) mass is 224 g/mol. The Morgan fingerprint density at radius 1 is 1.53 bits per heavy atom. The van der Waals surface area contributed by atoms with Crippen LogP contribution in [0, 0.1) is 6.92 Å². The minimum atomic E-state index is 0.782. The molecule has 4 heteroatoms. The van der Waals surface area contributed by atoms with Gasteiger partial charge in [-0.25, -0.2) is 4.98 Å². The normalized spacial score (nSPS) is 16.5. The standard InChI is InChI=1S/C11H16N2OS/c1-9-5-13-11(15-9)7-12-6-10-3-2-4-14-8-10/h3,5,12H,2,4,6-8H2,1H3. The first-order chi connectivity index (χ1) is 7.34. The molecule has 82 valence electrons. The summed E-state index contributed by atoms with van der Waals surface area (Å²) in [6.07, 6.45) is 5.24. The van der Waals surface area contributed by atoms with Gasteiger partial charge in [-0.3, -0.25) is 0 Å². The van der Waals surface area contributed by atoms with E-state index in [1.54, 1.807) is 11.3 Å². The Bertz CT molecular complexity index is 346. The Kier molecular flexibility index (Phi) is 3.88. The molecule has 1 aromatic rings. The number of hydrogen-bond donors (Lipinski definition) is 1. The van der Waals surface area contributed by atoms with Crippen molar-refractivity contribution in [3.8, 4) is 0 Å². The third kappa shape index (κ3) is 3.41. The molecule has 1 aliphatic rings. The van der Waals surface area contributed by atoms with Crippen LogP contribution in [-0.2, 0) is 11.3 Å². The second kappa shape index (κ2) is 5.39. The second-order valence-corrected chi connectivity index (χ2v) is 4.99. The maximum Gasteiger partial charge on any atom is 0.107 e. The quantitative estimate of drug-likeness (QED) is 0.793. The van der Waals surface area contributed by atoms with E-state index in [9.17, 15) is 0 Å². The van der Waals surface area contributed by atoms with Gasteiger partial charge in [0.05, 0.1) is 13.2 Å². The molecule has 0 saturated carbocycles. The van der Waals surface area contributed by atoms with Crippen molar-refractivity contribution in [1.29, 1.82) is 0 Å². The van der Waals surface area contributed by atoms with Crippen molar-refractivity contribution in [3.63, 3.8) is 0 Å². The van der Waals surface area contributed by atoms with Crippen molar-refractivity contribution < 1.29 is 4.74 Å². The number of aromatic nitrogens is 1. The topological polar surface area (TPSA) is 34.2 Å². The van der Waals surface area contributed by atoms with E-state index in [1.165, 1.54) is 10.5 Å². The van der Waals surface area contributed by atoms with Crippen LogP contribution in [0.5, 0.6) is 0 Å². The van der Waals surface area contributed by atoms with Crippen LogP contribution >= 0.6 is 11.3 Å². The van der Waals surface area contributed by atoms with Gasteiger partial charge < -0.3 is 10.1 Å². The summed E-state index contributed by atoms with van der Waals surface area (Å²) in [5.41, 5.74) is 1.36. The van der Waals surface area contributed by atoms with Crippen molar-refractivity contribution >= 4 is 11.3 Å². The van der Waals surface area contributed by atoms with E-state index in [-0.39, 0.29) is 0 Å². The number of hydrogen-bond acceptors (Lipinski definition) is 4. The third-order valence-corrected chi connectivity index (χ3v) is 3.19. The number of aryl methyl sites for hydroxylation is 1. The molecule has 0 bridgehead atoms. The van der Waals surface area contributed by atoms with Crippen molar-refractivity contribution in [2.45, 2.75) is 19.9 Å². The molecular formula is C11H16N2OS. The summed E-state index contributed by atoms with van der Waals surface area (Å²) < 4.78 is 5.37. The molecule has 0 amide bonds. The Labute approximate surface area is 94.2 Å². The lowest BCUT2D eigenvalue weighted by molar-refractivity contribution is 0.149. The van der Waals surface area contributed by atoms with Gasteiger partial charge in [0.1, 0.15) is 5.01 Å². The molecule has 0 aliphatic carbocycles. The molecule has 15 heavy (non-hydrogen) atoms. The first-order valence-electron chi connectivity index (χ1n) is 5.22. The number of nitrogens with zero attached hydrogens (tertiary/aromatic N) is 1. The fourth-order valence-electron chi connectivity index (χ4n) is 1.54. The molecule has 0 unspecified atom stereocenters. The molecule has 0 radical (unpaired) electrons. The van der Waals surface area contributed by atoms with Gasteiger partial charge in [-0.2, -0.15) is 0 Å². The molecule has 2 heterocycles. The van der Waals surface area contributed by atoms with Gasteiger partial charge in [-0.1, -0.05) is 6.08 Å². The van der Waals surface area contributed by atoms with Gasteiger partial charge in [-0.15, -0.1) is 11.3 Å². The summed E-state index contributed by atoms with van der Waals surface area (Å²) >= 11 is 1.75. The van der Waals surface area contributed by atoms with Crippen molar-refractivity contribution in [2.75, 3.05) is 19.8 Å². The van der Waals surface area contributed by atoms with Gasteiger partial charge in [0.15, 0.2) is 0 Å². The van der Waals surface area contributed by atoms with Crippen LogP contribution in [-0.4, -0.2) is 24.7 Å². The molecule has 1 aliphatic heterocycles. The summed E-state index contributed by atoms with van der Waals surface area (Å²) in [4.78, 5) is 5.57. The summed E-state index contributed by atoms with van der Waals surface area (Å²) in [6, 6.07) is 0. The maximum atomic E-state index is 5.37. The highest BCUT2D eigenvalue weighted by molar-refractivity contribution is 7.11. The van der Waals surface area contributed by atoms with Gasteiger partial charge >= 0.3 is 0 Å². The number of thiazole rings is 1. The van der Waals surface area contributed by atoms with Gasteiger partial charge in [-0.05, 0) is 18.9 Å². The Balaban J connectivity index is 1.72. The highest BCUT2D eigenvalue weighted by Crippen LogP contribution is 2.11. The van der Waals surface area contributed by atoms with E-state index in [4.69, 9.17) is 4.74 Å². The molecular weight excluding hydrogens is 208 g/mol. The molecule has 0 atom stereocenters. The lowest BCUT2D eigenvalue weighted by Gasteiger charge is -2.13. The molecule has 0 spiro atoms. The van der Waals surface area contributed by atoms with Crippen molar-refractivity contribution in [2.24, 2.45) is 0 Å². The summed E-state index contributed by atoms with van der Waals surface area (Å²) in [7, 11) is 0. The van der Waals surface area contributed by atoms with Gasteiger partial charge in [0, 0.05) is 24.2 Å². The predicted octanol–water partition coefficient (Wildman–Crippen LogP) is 1.89. The lowest BCUT2D eigenvalue weighted by Crippen LogP contribution is -2.20. The minimum Gasteiger partial charge on any atom is -0.377 e. The summed E-state index contributed by atoms with van der Waals surface area (Å²) in [5.74, 6) is 0. The van der Waals surface area contributed by atoms with Crippen molar-refractivity contribution in [3.05, 3.63) is 27.7 Å². The van der Waals surface area contributed by atoms with Crippen LogP contribution in [0.3, 0.4) is 0 Å². The Morgan fingerprint density at radius 3 is 3.13 bits per heavy atom. The Morgan fingerprint density at radius 2 is 2.47 bits per heavy atom. The van der Waals surface area contributed by atoms with E-state index in [0.29, 0.717) is 0 Å². The van der Waals surface area contributed by atoms with E-state index in [1.807, 2.05) is 6.20 Å². The first-order valence-corrected chi connectivity index (χ1v) is 6.04. The average Bonchev–Trinajstić information content (AvgIpc) is 2.66. The van der Waals surface area contributed by atoms with Crippen LogP contribution < -0.4 is 5.32 Å². The summed E-state index contributed by atoms with van der Waals surface area (Å²) in [6.45, 7) is 5.51. The predicted molar refractivity (Wildman–Crippen MR) is 62.1 cm³/mol. The molecule has 0 aromatic carbocycles. The molecule has 0 fully saturated rings. The van der Waals surface area contributed by atoms with Gasteiger partial charge in [0.2, 0.25) is 0 Å². The molecule has 1 N–H and O–H groups in total. The van der Waals surface area contributed by atoms with E-state index >= 15 is 0 Å². The zero-order chi connectivity index (χ0) is 10.5. The summed E-state index contributed by atoms with van der Waals surface area (Å²) in [5, 5.41) is 4.54. The molecule has 3 nitrogen and oxygen atoms in total. The van der Waals surface area contributed by atoms with Crippen LogP contribution in [0.4, 0.5) is 0 Å². The number of nitrogens with one attached hydrogen (secondary N) is 1. The molecule has 0 saturated heterocycles. The van der Waals surface area contributed by atoms with Crippen LogP contribution in [0.15, 0.2) is 17.8 Å². The SMILES string of the molecule is Cc1cnc(CNCC2=CCCOC2)s1. The Hall–Kier alpha value is -0.710. The van der Waals surface area contributed by atoms with Crippen LogP contribution in [0.25, 0.3) is 0 Å². The number of ether oxygens (including phenoxy) is 1. The first kappa shape index (κ1) is 10.8. The fourth-order valence-corrected chi connectivity index (χ4v) is 2.30. The van der Waals surface area contributed by atoms with Crippen LogP contribution in [0.1, 0.15) is 16.3 Å². The zero-order valence-electron chi connectivity index (χ0n) is 8.95. The molecule has 2 rings (SSSR count). The molecule has 1 aromatic heterocycles. The van der Waals surface area contributed by atoms with E-state index in [2.05, 4.69) is 23.3 Å². The highest BCUT2D eigenvalue weighted by atomic mass is 32.1. The smallest absolute Gasteiger partial charge is 0.107 e. The maximum absolute atomic E-state index is 5.37. The fraction of sp³-hybridized carbons (Fsp3) is 0.545. The number of rotatable bonds is 4. The lowest BCUT2D eigenvalue weighted by atomic mass is 10.2. The largest absolute Gasteiger partial charge is 0.377 e. The average molecular weight is 224 g/mol. The van der Waals surface area contributed by atoms with Crippen molar-refractivity contribution in [1.82, 2.24) is 10.3 Å². The highest BCUT2D eigenvalue weighted by Gasteiger charge is 2.03. The third-order valence-electron chi connectivity index (χ3n) is 2.28. The second-order valence-electron chi connectivity index (χ2n) is 3.67. The minimum absolute atomic E-state index is 0.782. The van der Waals surface area contributed by atoms with Gasteiger partial charge in [0.25, 0.3) is 0 Å². The van der Waals surface area contributed by atoms with Crippen LogP contribution in [0.2, 0.25) is 0 Å².